The van der Waals surface area contributed by atoms with E-state index in [-0.39, 0.29) is 11.4 Å². The number of ether oxygens (including phenoxy) is 1. The number of aromatic nitrogens is 1. The predicted octanol–water partition coefficient (Wildman–Crippen LogP) is 5.52. The number of non-ortho nitro benzene ring substituents is 1. The third-order valence-corrected chi connectivity index (χ3v) is 4.40. The number of nitrogens with one attached hydrogen (secondary N) is 1. The lowest BCUT2D eigenvalue weighted by Gasteiger charge is -2.15. The summed E-state index contributed by atoms with van der Waals surface area (Å²) < 4.78 is 10.7. The van der Waals surface area contributed by atoms with Gasteiger partial charge in [-0.15, -0.1) is 0 Å². The van der Waals surface area contributed by atoms with Crippen molar-refractivity contribution in [3.8, 4) is 11.3 Å². The summed E-state index contributed by atoms with van der Waals surface area (Å²) in [6.07, 6.45) is -1.28. The molecule has 0 aliphatic heterocycles. The van der Waals surface area contributed by atoms with Gasteiger partial charge in [0.05, 0.1) is 4.92 Å². The van der Waals surface area contributed by atoms with E-state index in [9.17, 15) is 14.9 Å². The summed E-state index contributed by atoms with van der Waals surface area (Å²) >= 11 is 6.13. The van der Waals surface area contributed by atoms with Gasteiger partial charge in [0.25, 0.3) is 5.69 Å². The molecule has 1 aromatic heterocycles. The third kappa shape index (κ3) is 4.12. The fourth-order valence-corrected chi connectivity index (χ4v) is 2.90. The van der Waals surface area contributed by atoms with Gasteiger partial charge < -0.3 is 9.26 Å². The molecule has 0 aliphatic carbocycles. The van der Waals surface area contributed by atoms with E-state index in [1.807, 2.05) is 0 Å². The van der Waals surface area contributed by atoms with Crippen molar-refractivity contribution in [3.63, 3.8) is 0 Å². The van der Waals surface area contributed by atoms with Crippen LogP contribution in [-0.2, 0) is 4.74 Å². The lowest BCUT2D eigenvalue weighted by molar-refractivity contribution is -0.384. The Labute approximate surface area is 165 Å². The zero-order valence-electron chi connectivity index (χ0n) is 15.0. The molecule has 1 heterocycles. The van der Waals surface area contributed by atoms with Crippen molar-refractivity contribution in [3.05, 3.63) is 74.9 Å². The molecule has 2 aromatic carbocycles. The number of rotatable bonds is 5. The molecule has 1 amide bonds. The lowest BCUT2D eigenvalue weighted by atomic mass is 10.1. The summed E-state index contributed by atoms with van der Waals surface area (Å²) in [6.45, 7) is 3.37. The second-order valence-corrected chi connectivity index (χ2v) is 6.38. The standard InChI is InChI=1S/C19H16ClN3O5/c1-11-17(18(28-22-11)13-7-9-14(10-8-13)23(25)26)21-19(24)27-12(2)15-5-3-4-6-16(15)20/h3-10,12H,1-2H3,(H,21,24). The topological polar surface area (TPSA) is 108 Å². The van der Waals surface area contributed by atoms with Crippen LogP contribution in [0.15, 0.2) is 53.1 Å². The normalized spacial score (nSPS) is 11.7. The fourth-order valence-electron chi connectivity index (χ4n) is 2.61. The van der Waals surface area contributed by atoms with Gasteiger partial charge in [0.15, 0.2) is 5.76 Å². The first-order valence-electron chi connectivity index (χ1n) is 8.30. The highest BCUT2D eigenvalue weighted by molar-refractivity contribution is 6.31. The number of amides is 1. The molecule has 28 heavy (non-hydrogen) atoms. The smallest absolute Gasteiger partial charge is 0.412 e. The van der Waals surface area contributed by atoms with Crippen molar-refractivity contribution in [2.75, 3.05) is 5.32 Å². The molecule has 1 unspecified atom stereocenters. The Morgan fingerprint density at radius 2 is 1.93 bits per heavy atom. The van der Waals surface area contributed by atoms with Crippen LogP contribution in [0.25, 0.3) is 11.3 Å². The van der Waals surface area contributed by atoms with Gasteiger partial charge in [-0.2, -0.15) is 0 Å². The molecular weight excluding hydrogens is 386 g/mol. The zero-order valence-corrected chi connectivity index (χ0v) is 15.8. The number of hydrogen-bond acceptors (Lipinski definition) is 6. The molecule has 0 aliphatic rings. The van der Waals surface area contributed by atoms with E-state index in [2.05, 4.69) is 10.5 Å². The molecule has 0 saturated heterocycles. The van der Waals surface area contributed by atoms with E-state index in [4.69, 9.17) is 20.9 Å². The summed E-state index contributed by atoms with van der Waals surface area (Å²) in [4.78, 5) is 22.6. The van der Waals surface area contributed by atoms with Crippen LogP contribution < -0.4 is 5.32 Å². The number of carbonyl (C=O) groups excluding carboxylic acids is 1. The summed E-state index contributed by atoms with van der Waals surface area (Å²) in [5, 5.41) is 17.8. The number of nitro benzene ring substituents is 1. The molecule has 1 N–H and O–H groups in total. The van der Waals surface area contributed by atoms with Gasteiger partial charge in [0, 0.05) is 28.3 Å². The molecule has 0 radical (unpaired) electrons. The SMILES string of the molecule is Cc1noc(-c2ccc([N+](=O)[O-])cc2)c1NC(=O)OC(C)c1ccccc1Cl. The van der Waals surface area contributed by atoms with Gasteiger partial charge in [-0.25, -0.2) is 4.79 Å². The van der Waals surface area contributed by atoms with E-state index in [0.29, 0.717) is 27.5 Å². The molecule has 0 fully saturated rings. The third-order valence-electron chi connectivity index (χ3n) is 4.06. The summed E-state index contributed by atoms with van der Waals surface area (Å²) in [6, 6.07) is 12.8. The first-order chi connectivity index (χ1) is 13.4. The molecule has 0 saturated carbocycles. The molecule has 0 bridgehead atoms. The number of nitrogens with zero attached hydrogens (tertiary/aromatic N) is 2. The molecule has 0 spiro atoms. The number of nitro groups is 1. The minimum absolute atomic E-state index is 0.0533. The monoisotopic (exact) mass is 401 g/mol. The van der Waals surface area contributed by atoms with Crippen molar-refractivity contribution >= 4 is 29.1 Å². The number of aryl methyl sites for hydroxylation is 1. The number of carbonyl (C=O) groups is 1. The number of benzene rings is 2. The summed E-state index contributed by atoms with van der Waals surface area (Å²) in [5.41, 5.74) is 1.92. The average molecular weight is 402 g/mol. The van der Waals surface area contributed by atoms with Crippen LogP contribution in [0.1, 0.15) is 24.3 Å². The molecule has 1 atom stereocenters. The highest BCUT2D eigenvalue weighted by Crippen LogP contribution is 2.32. The van der Waals surface area contributed by atoms with E-state index in [1.54, 1.807) is 38.1 Å². The van der Waals surface area contributed by atoms with E-state index in [1.165, 1.54) is 24.3 Å². The first kappa shape index (κ1) is 19.4. The highest BCUT2D eigenvalue weighted by atomic mass is 35.5. The quantitative estimate of drug-likeness (QED) is 0.445. The minimum atomic E-state index is -0.707. The van der Waals surface area contributed by atoms with Crippen LogP contribution in [0, 0.1) is 17.0 Å². The van der Waals surface area contributed by atoms with Crippen LogP contribution >= 0.6 is 11.6 Å². The van der Waals surface area contributed by atoms with Crippen LogP contribution in [0.5, 0.6) is 0 Å². The van der Waals surface area contributed by atoms with Gasteiger partial charge in [0.2, 0.25) is 0 Å². The Bertz CT molecular complexity index is 1020. The molecule has 3 aromatic rings. The second kappa shape index (κ2) is 8.10. The molecular formula is C19H16ClN3O5. The highest BCUT2D eigenvalue weighted by Gasteiger charge is 2.21. The molecule has 8 nitrogen and oxygen atoms in total. The van der Waals surface area contributed by atoms with Gasteiger partial charge in [-0.3, -0.25) is 15.4 Å². The van der Waals surface area contributed by atoms with Crippen molar-refractivity contribution in [1.29, 1.82) is 0 Å². The van der Waals surface area contributed by atoms with Crippen molar-refractivity contribution in [1.82, 2.24) is 5.16 Å². The maximum Gasteiger partial charge on any atom is 0.412 e. The Kier molecular flexibility index (Phi) is 5.60. The van der Waals surface area contributed by atoms with Crippen molar-refractivity contribution < 1.29 is 19.0 Å². The van der Waals surface area contributed by atoms with Crippen molar-refractivity contribution in [2.45, 2.75) is 20.0 Å². The van der Waals surface area contributed by atoms with Crippen LogP contribution in [0.4, 0.5) is 16.2 Å². The zero-order chi connectivity index (χ0) is 20.3. The number of anilines is 1. The number of halogens is 1. The van der Waals surface area contributed by atoms with Gasteiger partial charge in [-0.05, 0) is 32.0 Å². The molecule has 144 valence electrons. The first-order valence-corrected chi connectivity index (χ1v) is 8.67. The molecule has 3 rings (SSSR count). The summed E-state index contributed by atoms with van der Waals surface area (Å²) in [7, 11) is 0. The Morgan fingerprint density at radius 1 is 1.25 bits per heavy atom. The minimum Gasteiger partial charge on any atom is -0.441 e. The molecule has 9 heteroatoms. The maximum absolute atomic E-state index is 12.3. The van der Waals surface area contributed by atoms with Crippen LogP contribution in [0.2, 0.25) is 5.02 Å². The van der Waals surface area contributed by atoms with E-state index < -0.39 is 17.1 Å². The van der Waals surface area contributed by atoms with Crippen LogP contribution in [0.3, 0.4) is 0 Å². The summed E-state index contributed by atoms with van der Waals surface area (Å²) in [5.74, 6) is 0.273. The van der Waals surface area contributed by atoms with E-state index in [0.717, 1.165) is 0 Å². The maximum atomic E-state index is 12.3. The van der Waals surface area contributed by atoms with Gasteiger partial charge >= 0.3 is 6.09 Å². The number of hydrogen-bond donors (Lipinski definition) is 1. The Morgan fingerprint density at radius 3 is 2.57 bits per heavy atom. The average Bonchev–Trinajstić information content (AvgIpc) is 3.02. The van der Waals surface area contributed by atoms with Gasteiger partial charge in [0.1, 0.15) is 17.5 Å². The Balaban J connectivity index is 1.77. The fraction of sp³-hybridized carbons (Fsp3) is 0.158. The second-order valence-electron chi connectivity index (χ2n) is 5.97. The Hall–Kier alpha value is -3.39. The van der Waals surface area contributed by atoms with Gasteiger partial charge in [-0.1, -0.05) is 35.0 Å². The van der Waals surface area contributed by atoms with Crippen molar-refractivity contribution in [2.24, 2.45) is 0 Å². The lowest BCUT2D eigenvalue weighted by Crippen LogP contribution is -2.17. The largest absolute Gasteiger partial charge is 0.441 e. The van der Waals surface area contributed by atoms with Crippen LogP contribution in [-0.4, -0.2) is 16.2 Å². The van der Waals surface area contributed by atoms with E-state index >= 15 is 0 Å². The predicted molar refractivity (Wildman–Crippen MR) is 103 cm³/mol.